The molecular weight excluding hydrogens is 373 g/mol. The van der Waals surface area contributed by atoms with Crippen LogP contribution in [0.15, 0.2) is 0 Å². The van der Waals surface area contributed by atoms with Gasteiger partial charge < -0.3 is 9.94 Å². The van der Waals surface area contributed by atoms with Gasteiger partial charge in [0.05, 0.1) is 6.10 Å². The minimum Gasteiger partial charge on any atom is -0.348 e. The van der Waals surface area contributed by atoms with Crippen LogP contribution in [-0.2, 0) is 4.74 Å². The first-order valence-electron chi connectivity index (χ1n) is 7.06. The van der Waals surface area contributed by atoms with Gasteiger partial charge in [0.1, 0.15) is 0 Å². The lowest BCUT2D eigenvalue weighted by molar-refractivity contribution is -0.468. The minimum absolute atomic E-state index is 0.670. The maximum absolute atomic E-state index is 13.0. The summed E-state index contributed by atoms with van der Waals surface area (Å²) < 4.78 is 120. The van der Waals surface area contributed by atoms with Gasteiger partial charge in [-0.1, -0.05) is 0 Å². The third-order valence-electron chi connectivity index (χ3n) is 4.14. The van der Waals surface area contributed by atoms with Crippen molar-refractivity contribution in [1.29, 1.82) is 0 Å². The first-order valence-corrected chi connectivity index (χ1v) is 7.06. The van der Waals surface area contributed by atoms with E-state index in [-0.39, 0.29) is 0 Å². The number of hydrogen-bond acceptors (Lipinski definition) is 3. The minimum atomic E-state index is -6.77. The van der Waals surface area contributed by atoms with Gasteiger partial charge in [-0.2, -0.15) is 44.6 Å². The fourth-order valence-electron chi connectivity index (χ4n) is 3.19. The molecule has 0 amide bonds. The van der Waals surface area contributed by atoms with Crippen molar-refractivity contribution in [2.45, 2.75) is 81.8 Å². The molecule has 1 N–H and O–H groups in total. The first kappa shape index (κ1) is 22.3. The van der Waals surface area contributed by atoms with E-state index < -0.39 is 54.2 Å². The molecule has 0 aromatic carbocycles. The van der Waals surface area contributed by atoms with Crippen molar-refractivity contribution in [1.82, 2.24) is 5.06 Å². The Morgan fingerprint density at radius 3 is 1.28 bits per heavy atom. The van der Waals surface area contributed by atoms with Crippen LogP contribution in [0.1, 0.15) is 40.5 Å². The zero-order valence-corrected chi connectivity index (χ0v) is 13.7. The monoisotopic (exact) mass is 391 g/mol. The summed E-state index contributed by atoms with van der Waals surface area (Å²) in [5, 5.41) is 10.7. The molecule has 1 heterocycles. The molecule has 1 rings (SSSR count). The van der Waals surface area contributed by atoms with E-state index in [0.29, 0.717) is 5.06 Å². The van der Waals surface area contributed by atoms with E-state index in [1.165, 1.54) is 27.7 Å². The van der Waals surface area contributed by atoms with Gasteiger partial charge in [0, 0.05) is 11.1 Å². The number of alkyl halides is 9. The molecule has 1 saturated heterocycles. The van der Waals surface area contributed by atoms with E-state index in [4.69, 9.17) is 0 Å². The molecule has 0 atom stereocenters. The number of ether oxygens (including phenoxy) is 1. The highest BCUT2D eigenvalue weighted by molar-refractivity contribution is 5.05. The molecule has 0 unspecified atom stereocenters. The average molecular weight is 391 g/mol. The Morgan fingerprint density at radius 1 is 0.760 bits per heavy atom. The first-order chi connectivity index (χ1) is 10.7. The highest BCUT2D eigenvalue weighted by Gasteiger charge is 2.86. The van der Waals surface area contributed by atoms with Gasteiger partial charge in [0.15, 0.2) is 0 Å². The van der Waals surface area contributed by atoms with Crippen LogP contribution in [0.5, 0.6) is 0 Å². The third kappa shape index (κ3) is 3.70. The maximum Gasteiger partial charge on any atom is 0.435 e. The highest BCUT2D eigenvalue weighted by atomic mass is 19.4. The number of hydrogen-bond donors (Lipinski definition) is 1. The Morgan fingerprint density at radius 2 is 1.04 bits per heavy atom. The highest BCUT2D eigenvalue weighted by Crippen LogP contribution is 2.56. The molecule has 3 nitrogen and oxygen atoms in total. The molecule has 25 heavy (non-hydrogen) atoms. The van der Waals surface area contributed by atoms with E-state index in [2.05, 4.69) is 4.74 Å². The molecule has 0 bridgehead atoms. The van der Waals surface area contributed by atoms with Gasteiger partial charge in [-0.15, -0.1) is 0 Å². The summed E-state index contributed by atoms with van der Waals surface area (Å²) in [6.45, 7) is 5.06. The van der Waals surface area contributed by atoms with Crippen molar-refractivity contribution >= 4 is 0 Å². The Bertz CT molecular complexity index is 439. The number of hydroxylamine groups is 2. The van der Waals surface area contributed by atoms with Crippen LogP contribution in [-0.4, -0.2) is 51.6 Å². The van der Waals surface area contributed by atoms with Crippen molar-refractivity contribution in [3.05, 3.63) is 0 Å². The molecule has 0 aromatic rings. The summed E-state index contributed by atoms with van der Waals surface area (Å²) in [7, 11) is 0. The topological polar surface area (TPSA) is 32.7 Å². The normalized spacial score (nSPS) is 23.8. The van der Waals surface area contributed by atoms with Crippen LogP contribution in [0.4, 0.5) is 39.5 Å². The lowest BCUT2D eigenvalue weighted by atomic mass is 9.80. The zero-order chi connectivity index (χ0) is 20.3. The second-order valence-corrected chi connectivity index (χ2v) is 7.26. The summed E-state index contributed by atoms with van der Waals surface area (Å²) in [5.41, 5.74) is -9.11. The van der Waals surface area contributed by atoms with E-state index in [1.807, 2.05) is 0 Å². The van der Waals surface area contributed by atoms with Crippen LogP contribution in [0.3, 0.4) is 0 Å². The van der Waals surface area contributed by atoms with Gasteiger partial charge in [0.25, 0.3) is 0 Å². The molecule has 0 aromatic heterocycles. The van der Waals surface area contributed by atoms with Crippen molar-refractivity contribution in [3.63, 3.8) is 0 Å². The summed E-state index contributed by atoms with van der Waals surface area (Å²) >= 11 is 0. The van der Waals surface area contributed by atoms with E-state index >= 15 is 0 Å². The number of piperidine rings is 1. The molecule has 12 heteroatoms. The lowest BCUT2D eigenvalue weighted by Crippen LogP contribution is -2.70. The van der Waals surface area contributed by atoms with Crippen LogP contribution < -0.4 is 0 Å². The predicted molar refractivity (Wildman–Crippen MR) is 66.8 cm³/mol. The molecular formula is C13H18F9NO2. The maximum atomic E-state index is 13.0. The zero-order valence-electron chi connectivity index (χ0n) is 13.7. The largest absolute Gasteiger partial charge is 0.435 e. The summed E-state index contributed by atoms with van der Waals surface area (Å²) in [4.78, 5) is 0. The fourth-order valence-corrected chi connectivity index (χ4v) is 3.19. The van der Waals surface area contributed by atoms with Crippen molar-refractivity contribution in [3.8, 4) is 0 Å². The number of nitrogens with zero attached hydrogens (tertiary/aromatic N) is 1. The molecule has 150 valence electrons. The van der Waals surface area contributed by atoms with Crippen molar-refractivity contribution in [2.24, 2.45) is 0 Å². The second kappa shape index (κ2) is 5.88. The van der Waals surface area contributed by atoms with Crippen LogP contribution in [0, 0.1) is 0 Å². The third-order valence-corrected chi connectivity index (χ3v) is 4.14. The van der Waals surface area contributed by atoms with Crippen LogP contribution in [0.25, 0.3) is 0 Å². The Kier molecular flexibility index (Phi) is 5.24. The Hall–Kier alpha value is -0.750. The summed E-state index contributed by atoms with van der Waals surface area (Å²) in [6, 6.07) is 0. The number of rotatable bonds is 2. The van der Waals surface area contributed by atoms with Gasteiger partial charge >= 0.3 is 24.1 Å². The quantitative estimate of drug-likeness (QED) is 0.684. The van der Waals surface area contributed by atoms with Crippen LogP contribution in [0.2, 0.25) is 0 Å². The summed E-state index contributed by atoms with van der Waals surface area (Å²) in [6.07, 6.45) is -23.7. The fraction of sp³-hybridized carbons (Fsp3) is 1.00. The Balaban J connectivity index is 3.42. The van der Waals surface area contributed by atoms with Crippen LogP contribution >= 0.6 is 0 Å². The molecule has 0 saturated carbocycles. The second-order valence-electron chi connectivity index (χ2n) is 7.26. The molecule has 0 radical (unpaired) electrons. The molecule has 0 spiro atoms. The van der Waals surface area contributed by atoms with Crippen molar-refractivity contribution in [2.75, 3.05) is 0 Å². The molecule has 1 aliphatic heterocycles. The number of halogens is 9. The van der Waals surface area contributed by atoms with Gasteiger partial charge in [-0.05, 0) is 40.5 Å². The lowest BCUT2D eigenvalue weighted by Gasteiger charge is -2.52. The molecule has 1 aliphatic rings. The van der Waals surface area contributed by atoms with E-state index in [0.717, 1.165) is 0 Å². The van der Waals surface area contributed by atoms with Gasteiger partial charge in [-0.25, -0.2) is 0 Å². The van der Waals surface area contributed by atoms with E-state index in [1.54, 1.807) is 0 Å². The predicted octanol–water partition coefficient (Wildman–Crippen LogP) is 4.84. The SMILES string of the molecule is CC1(C)CC(OC(C(F)(F)F)(C(F)(F)F)C(F)(F)F)CC(C)(C)N1O. The molecule has 0 aliphatic carbocycles. The van der Waals surface area contributed by atoms with E-state index in [9.17, 15) is 44.7 Å². The molecule has 1 fully saturated rings. The standard InChI is InChI=1S/C13H18F9NO2/c1-8(2)5-7(6-9(3,4)23(8)24)25-10(11(14,15)16,12(17,18)19)13(20,21)22/h7,24H,5-6H2,1-4H3. The van der Waals surface area contributed by atoms with Gasteiger partial charge in [-0.3, -0.25) is 0 Å². The Labute approximate surface area is 137 Å². The average Bonchev–Trinajstić information content (AvgIpc) is 2.27. The summed E-state index contributed by atoms with van der Waals surface area (Å²) in [5.74, 6) is 0. The van der Waals surface area contributed by atoms with Gasteiger partial charge in [0.2, 0.25) is 0 Å². The van der Waals surface area contributed by atoms with Crippen molar-refractivity contribution < 1.29 is 49.5 Å². The smallest absolute Gasteiger partial charge is 0.348 e.